The summed E-state index contributed by atoms with van der Waals surface area (Å²) in [5.74, 6) is 0.507. The van der Waals surface area contributed by atoms with Gasteiger partial charge in [-0.25, -0.2) is 4.79 Å². The number of hydrogen-bond donors (Lipinski definition) is 0. The SMILES string of the molecule is CC(C)c1cn(C2CCN(C(=O)OC(C)(C)C)CC2)c2ccccc12. The minimum Gasteiger partial charge on any atom is -0.444 e. The molecule has 3 rings (SSSR count). The number of benzene rings is 1. The summed E-state index contributed by atoms with van der Waals surface area (Å²) in [6, 6.07) is 9.09. The number of carbonyl (C=O) groups is 1. The average molecular weight is 342 g/mol. The van der Waals surface area contributed by atoms with Crippen LogP contribution < -0.4 is 0 Å². The minimum atomic E-state index is -0.434. The van der Waals surface area contributed by atoms with E-state index in [9.17, 15) is 4.79 Å². The molecule has 0 N–H and O–H groups in total. The molecule has 2 heterocycles. The molecular weight excluding hydrogens is 312 g/mol. The van der Waals surface area contributed by atoms with Crippen molar-refractivity contribution in [2.45, 2.75) is 65.0 Å². The second kappa shape index (κ2) is 6.74. The lowest BCUT2D eigenvalue weighted by Gasteiger charge is -2.34. The van der Waals surface area contributed by atoms with Gasteiger partial charge in [-0.1, -0.05) is 32.0 Å². The van der Waals surface area contributed by atoms with E-state index in [1.165, 1.54) is 16.5 Å². The van der Waals surface area contributed by atoms with Crippen molar-refractivity contribution in [3.63, 3.8) is 0 Å². The van der Waals surface area contributed by atoms with Crippen LogP contribution in [0.15, 0.2) is 30.5 Å². The second-order valence-corrected chi connectivity index (χ2v) is 8.36. The molecule has 2 aromatic rings. The highest BCUT2D eigenvalue weighted by Gasteiger charge is 2.28. The molecule has 0 unspecified atom stereocenters. The van der Waals surface area contributed by atoms with E-state index in [-0.39, 0.29) is 6.09 Å². The predicted octanol–water partition coefficient (Wildman–Crippen LogP) is 5.34. The lowest BCUT2D eigenvalue weighted by Crippen LogP contribution is -2.42. The molecule has 1 fully saturated rings. The maximum atomic E-state index is 12.3. The van der Waals surface area contributed by atoms with Gasteiger partial charge >= 0.3 is 6.09 Å². The van der Waals surface area contributed by atoms with Crippen molar-refractivity contribution in [3.8, 4) is 0 Å². The number of rotatable bonds is 2. The third kappa shape index (κ3) is 3.83. The quantitative estimate of drug-likeness (QED) is 0.738. The van der Waals surface area contributed by atoms with E-state index >= 15 is 0 Å². The number of carbonyl (C=O) groups excluding carboxylic acids is 1. The number of para-hydroxylation sites is 1. The number of fused-ring (bicyclic) bond motifs is 1. The monoisotopic (exact) mass is 342 g/mol. The van der Waals surface area contributed by atoms with Gasteiger partial charge in [-0.15, -0.1) is 0 Å². The average Bonchev–Trinajstić information content (AvgIpc) is 2.93. The summed E-state index contributed by atoms with van der Waals surface area (Å²) >= 11 is 0. The number of likely N-dealkylation sites (tertiary alicyclic amines) is 1. The molecule has 1 aliphatic rings. The Morgan fingerprint density at radius 1 is 1.16 bits per heavy atom. The molecule has 136 valence electrons. The molecular formula is C21H30N2O2. The summed E-state index contributed by atoms with van der Waals surface area (Å²) in [6.45, 7) is 11.7. The zero-order valence-corrected chi connectivity index (χ0v) is 16.1. The van der Waals surface area contributed by atoms with Crippen molar-refractivity contribution in [3.05, 3.63) is 36.0 Å². The van der Waals surface area contributed by atoms with Crippen molar-refractivity contribution >= 4 is 17.0 Å². The van der Waals surface area contributed by atoms with Crippen LogP contribution in [0, 0.1) is 0 Å². The van der Waals surface area contributed by atoms with Gasteiger partial charge in [-0.05, 0) is 51.2 Å². The van der Waals surface area contributed by atoms with Gasteiger partial charge in [0.15, 0.2) is 0 Å². The van der Waals surface area contributed by atoms with Crippen LogP contribution in [0.2, 0.25) is 0 Å². The molecule has 0 saturated carbocycles. The third-order valence-corrected chi connectivity index (χ3v) is 4.90. The molecule has 4 nitrogen and oxygen atoms in total. The highest BCUT2D eigenvalue weighted by molar-refractivity contribution is 5.84. The first-order chi connectivity index (χ1) is 11.8. The summed E-state index contributed by atoms with van der Waals surface area (Å²) < 4.78 is 7.93. The smallest absolute Gasteiger partial charge is 0.410 e. The zero-order chi connectivity index (χ0) is 18.2. The van der Waals surface area contributed by atoms with Gasteiger partial charge in [0, 0.05) is 36.2 Å². The first-order valence-corrected chi connectivity index (χ1v) is 9.33. The van der Waals surface area contributed by atoms with Crippen molar-refractivity contribution in [2.75, 3.05) is 13.1 Å². The van der Waals surface area contributed by atoms with E-state index in [0.29, 0.717) is 12.0 Å². The Hall–Kier alpha value is -1.97. The highest BCUT2D eigenvalue weighted by Crippen LogP contribution is 2.33. The van der Waals surface area contributed by atoms with Crippen LogP contribution in [-0.4, -0.2) is 34.3 Å². The van der Waals surface area contributed by atoms with Gasteiger partial charge in [0.25, 0.3) is 0 Å². The molecule has 0 bridgehead atoms. The Balaban J connectivity index is 1.76. The van der Waals surface area contributed by atoms with Crippen molar-refractivity contribution < 1.29 is 9.53 Å². The van der Waals surface area contributed by atoms with Crippen LogP contribution in [0.4, 0.5) is 4.79 Å². The summed E-state index contributed by atoms with van der Waals surface area (Å²) in [5, 5.41) is 1.35. The number of aromatic nitrogens is 1. The van der Waals surface area contributed by atoms with Crippen molar-refractivity contribution in [1.82, 2.24) is 9.47 Å². The Morgan fingerprint density at radius 3 is 2.40 bits per heavy atom. The largest absolute Gasteiger partial charge is 0.444 e. The molecule has 1 aromatic heterocycles. The van der Waals surface area contributed by atoms with E-state index in [1.54, 1.807) is 0 Å². The predicted molar refractivity (Wildman–Crippen MR) is 102 cm³/mol. The van der Waals surface area contributed by atoms with Gasteiger partial charge in [0.05, 0.1) is 0 Å². The normalized spacial score (nSPS) is 16.6. The Bertz CT molecular complexity index is 747. The van der Waals surface area contributed by atoms with Crippen LogP contribution in [0.25, 0.3) is 10.9 Å². The summed E-state index contributed by atoms with van der Waals surface area (Å²) in [5.41, 5.74) is 2.28. The van der Waals surface area contributed by atoms with Crippen LogP contribution in [0.5, 0.6) is 0 Å². The van der Waals surface area contributed by atoms with E-state index in [0.717, 1.165) is 25.9 Å². The van der Waals surface area contributed by atoms with E-state index in [2.05, 4.69) is 48.9 Å². The summed E-state index contributed by atoms with van der Waals surface area (Å²) in [4.78, 5) is 14.1. The summed E-state index contributed by atoms with van der Waals surface area (Å²) in [6.07, 6.45) is 4.07. The highest BCUT2D eigenvalue weighted by atomic mass is 16.6. The fraction of sp³-hybridized carbons (Fsp3) is 0.571. The van der Waals surface area contributed by atoms with Crippen LogP contribution in [0.1, 0.15) is 65.0 Å². The number of ether oxygens (including phenoxy) is 1. The third-order valence-electron chi connectivity index (χ3n) is 4.90. The lowest BCUT2D eigenvalue weighted by molar-refractivity contribution is 0.0189. The molecule has 1 aromatic carbocycles. The van der Waals surface area contributed by atoms with Crippen molar-refractivity contribution in [2.24, 2.45) is 0 Å². The van der Waals surface area contributed by atoms with Gasteiger partial charge in [-0.2, -0.15) is 0 Å². The van der Waals surface area contributed by atoms with E-state index < -0.39 is 5.60 Å². The second-order valence-electron chi connectivity index (χ2n) is 8.36. The molecule has 0 radical (unpaired) electrons. The van der Waals surface area contributed by atoms with Gasteiger partial charge in [-0.3, -0.25) is 0 Å². The first kappa shape index (κ1) is 17.8. The Morgan fingerprint density at radius 2 is 1.80 bits per heavy atom. The van der Waals surface area contributed by atoms with Crippen LogP contribution >= 0.6 is 0 Å². The Labute approximate surface area is 150 Å². The van der Waals surface area contributed by atoms with Gasteiger partial charge in [0.1, 0.15) is 5.60 Å². The van der Waals surface area contributed by atoms with E-state index in [1.807, 2.05) is 25.7 Å². The Kier molecular flexibility index (Phi) is 4.81. The molecule has 0 atom stereocenters. The number of piperidine rings is 1. The van der Waals surface area contributed by atoms with E-state index in [4.69, 9.17) is 4.74 Å². The first-order valence-electron chi connectivity index (χ1n) is 9.33. The van der Waals surface area contributed by atoms with Crippen molar-refractivity contribution in [1.29, 1.82) is 0 Å². The van der Waals surface area contributed by atoms with Gasteiger partial charge < -0.3 is 14.2 Å². The van der Waals surface area contributed by atoms with Gasteiger partial charge in [0.2, 0.25) is 0 Å². The van der Waals surface area contributed by atoms with Crippen LogP contribution in [0.3, 0.4) is 0 Å². The number of hydrogen-bond acceptors (Lipinski definition) is 2. The number of nitrogens with zero attached hydrogens (tertiary/aromatic N) is 2. The minimum absolute atomic E-state index is 0.189. The molecule has 0 spiro atoms. The molecule has 4 heteroatoms. The molecule has 1 amide bonds. The summed E-state index contributed by atoms with van der Waals surface area (Å²) in [7, 11) is 0. The topological polar surface area (TPSA) is 34.5 Å². The molecule has 0 aliphatic carbocycles. The molecule has 1 aliphatic heterocycles. The fourth-order valence-corrected chi connectivity index (χ4v) is 3.65. The maximum absolute atomic E-state index is 12.3. The fourth-order valence-electron chi connectivity index (χ4n) is 3.65. The molecule has 25 heavy (non-hydrogen) atoms. The standard InChI is InChI=1S/C21H30N2O2/c1-15(2)18-14-23(19-9-7-6-8-17(18)19)16-10-12-22(13-11-16)20(24)25-21(3,4)5/h6-9,14-16H,10-13H2,1-5H3. The number of amides is 1. The zero-order valence-electron chi connectivity index (χ0n) is 16.1. The lowest BCUT2D eigenvalue weighted by atomic mass is 10.0. The molecule has 1 saturated heterocycles. The van der Waals surface area contributed by atoms with Crippen LogP contribution in [-0.2, 0) is 4.74 Å². The maximum Gasteiger partial charge on any atom is 0.410 e.